The van der Waals surface area contributed by atoms with Gasteiger partial charge in [0.15, 0.2) is 0 Å². The lowest BCUT2D eigenvalue weighted by Crippen LogP contribution is -2.40. The molecule has 0 saturated carbocycles. The van der Waals surface area contributed by atoms with Crippen molar-refractivity contribution in [1.29, 1.82) is 0 Å². The van der Waals surface area contributed by atoms with Crippen LogP contribution in [0.15, 0.2) is 72.8 Å². The molecule has 45 heavy (non-hydrogen) atoms. The molecule has 13 nitrogen and oxygen atoms in total. The van der Waals surface area contributed by atoms with E-state index >= 15 is 0 Å². The van der Waals surface area contributed by atoms with Gasteiger partial charge in [0, 0.05) is 58.9 Å². The predicted molar refractivity (Wildman–Crippen MR) is 161 cm³/mol. The highest BCUT2D eigenvalue weighted by Crippen LogP contribution is 2.15. The predicted octanol–water partition coefficient (Wildman–Crippen LogP) is 2.88. The van der Waals surface area contributed by atoms with E-state index in [-0.39, 0.29) is 17.1 Å². The monoisotopic (exact) mass is 611 g/mol. The van der Waals surface area contributed by atoms with Gasteiger partial charge in [-0.2, -0.15) is 0 Å². The number of carbonyl (C=O) groups is 3. The quantitative estimate of drug-likeness (QED) is 0.252. The van der Waals surface area contributed by atoms with Crippen LogP contribution < -0.4 is 0 Å². The molecule has 2 bridgehead atoms. The summed E-state index contributed by atoms with van der Waals surface area (Å²) in [6, 6.07) is 20.7. The molecule has 0 atom stereocenters. The second-order valence-electron chi connectivity index (χ2n) is 10.8. The summed E-state index contributed by atoms with van der Waals surface area (Å²) in [5.74, 6) is -3.27. The normalized spacial score (nSPS) is 15.1. The number of rotatable bonds is 9. The van der Waals surface area contributed by atoms with Crippen molar-refractivity contribution in [3.05, 3.63) is 118 Å². The van der Waals surface area contributed by atoms with Gasteiger partial charge in [-0.15, -0.1) is 0 Å². The van der Waals surface area contributed by atoms with Crippen LogP contribution in [0.2, 0.25) is 0 Å². The molecule has 0 radical (unpaired) electrons. The molecule has 13 heteroatoms. The number of pyridine rings is 4. The number of hydrogen-bond donors (Lipinski definition) is 3. The zero-order valence-electron chi connectivity index (χ0n) is 24.5. The Labute approximate surface area is 259 Å². The summed E-state index contributed by atoms with van der Waals surface area (Å²) in [5.41, 5.74) is 3.51. The smallest absolute Gasteiger partial charge is 0.354 e. The standard InChI is InChI=1S/C32H33N7O6/c40-30(41)27-10-2-7-24(34-27)17-37-13-15-38(20-25-8-3-11-28(35-25)31(42)43)18-22-5-1-6-23(33-22)19-39(16-14-37)21-26-9-4-12-29(36-26)32(44)45/h1-12H,13-21H2,(H,40,41)(H,42,43)(H,44,45). The molecule has 4 aromatic heterocycles. The number of fused-ring (bicyclic) bond motifs is 2. The van der Waals surface area contributed by atoms with Gasteiger partial charge in [-0.05, 0) is 48.5 Å². The zero-order valence-corrected chi connectivity index (χ0v) is 24.5. The molecule has 0 amide bonds. The molecule has 4 aromatic rings. The lowest BCUT2D eigenvalue weighted by Gasteiger charge is -2.31. The van der Waals surface area contributed by atoms with E-state index in [1.165, 1.54) is 18.2 Å². The van der Waals surface area contributed by atoms with Crippen molar-refractivity contribution < 1.29 is 29.7 Å². The summed E-state index contributed by atoms with van der Waals surface area (Å²) in [4.78, 5) is 59.0. The molecule has 0 spiro atoms. The lowest BCUT2D eigenvalue weighted by molar-refractivity contribution is 0.0679. The van der Waals surface area contributed by atoms with Gasteiger partial charge >= 0.3 is 17.9 Å². The summed E-state index contributed by atoms with van der Waals surface area (Å²) >= 11 is 0. The highest BCUT2D eigenvalue weighted by Gasteiger charge is 2.19. The molecule has 1 aliphatic heterocycles. The van der Waals surface area contributed by atoms with Crippen LogP contribution in [0.1, 0.15) is 59.9 Å². The van der Waals surface area contributed by atoms with Crippen molar-refractivity contribution >= 4 is 17.9 Å². The number of aromatic nitrogens is 4. The van der Waals surface area contributed by atoms with Gasteiger partial charge in [-0.1, -0.05) is 24.3 Å². The molecule has 5 heterocycles. The average Bonchev–Trinajstić information content (AvgIpc) is 3.02. The van der Waals surface area contributed by atoms with Crippen LogP contribution >= 0.6 is 0 Å². The second-order valence-corrected chi connectivity index (χ2v) is 10.8. The van der Waals surface area contributed by atoms with Crippen molar-refractivity contribution in [3.63, 3.8) is 0 Å². The number of hydrogen-bond acceptors (Lipinski definition) is 10. The van der Waals surface area contributed by atoms with Gasteiger partial charge in [0.1, 0.15) is 17.1 Å². The molecular weight excluding hydrogens is 578 g/mol. The Morgan fingerprint density at radius 1 is 0.489 bits per heavy atom. The number of carboxylic acid groups (broad SMARTS) is 3. The number of aromatic carboxylic acids is 3. The molecule has 0 aliphatic carbocycles. The first-order chi connectivity index (χ1) is 21.7. The summed E-state index contributed by atoms with van der Waals surface area (Å²) in [6.07, 6.45) is 0. The lowest BCUT2D eigenvalue weighted by atomic mass is 10.2. The third kappa shape index (κ3) is 8.95. The van der Waals surface area contributed by atoms with Crippen molar-refractivity contribution in [1.82, 2.24) is 34.6 Å². The first-order valence-electron chi connectivity index (χ1n) is 14.4. The van der Waals surface area contributed by atoms with E-state index in [0.29, 0.717) is 76.0 Å². The summed E-state index contributed by atoms with van der Waals surface area (Å²) in [7, 11) is 0. The van der Waals surface area contributed by atoms with Crippen LogP contribution in [0.5, 0.6) is 0 Å². The van der Waals surface area contributed by atoms with Crippen molar-refractivity contribution in [2.45, 2.75) is 32.7 Å². The zero-order chi connectivity index (χ0) is 31.8. The van der Waals surface area contributed by atoms with Crippen LogP contribution in [-0.2, 0) is 32.7 Å². The van der Waals surface area contributed by atoms with Crippen LogP contribution in [0.25, 0.3) is 0 Å². The molecule has 0 fully saturated rings. The van der Waals surface area contributed by atoms with Crippen molar-refractivity contribution in [2.24, 2.45) is 0 Å². The molecular formula is C32H33N7O6. The third-order valence-corrected chi connectivity index (χ3v) is 7.34. The fourth-order valence-electron chi connectivity index (χ4n) is 5.17. The maximum Gasteiger partial charge on any atom is 0.354 e. The van der Waals surface area contributed by atoms with E-state index in [1.54, 1.807) is 36.4 Å². The highest BCUT2D eigenvalue weighted by atomic mass is 16.4. The molecule has 1 aliphatic rings. The molecule has 0 aromatic carbocycles. The average molecular weight is 612 g/mol. The fourth-order valence-corrected chi connectivity index (χ4v) is 5.17. The SMILES string of the molecule is O=C(O)c1cccc(CN2CCN(Cc3cccc(C(=O)O)n3)Cc3cccc(n3)CN(Cc3cccc(C(=O)O)n3)CC2)n1. The van der Waals surface area contributed by atoms with Gasteiger partial charge in [0.2, 0.25) is 0 Å². The Hall–Kier alpha value is -5.11. The van der Waals surface area contributed by atoms with Gasteiger partial charge in [-0.3, -0.25) is 19.7 Å². The number of nitrogens with zero attached hydrogens (tertiary/aromatic N) is 7. The molecule has 3 N–H and O–H groups in total. The maximum absolute atomic E-state index is 11.6. The van der Waals surface area contributed by atoms with Crippen LogP contribution in [0.4, 0.5) is 0 Å². The molecule has 232 valence electrons. The molecule has 0 saturated heterocycles. The topological polar surface area (TPSA) is 173 Å². The summed E-state index contributed by atoms with van der Waals surface area (Å²) in [6.45, 7) is 4.58. The highest BCUT2D eigenvalue weighted by molar-refractivity contribution is 5.86. The van der Waals surface area contributed by atoms with E-state index in [1.807, 2.05) is 18.2 Å². The van der Waals surface area contributed by atoms with Gasteiger partial charge in [-0.25, -0.2) is 29.3 Å². The third-order valence-electron chi connectivity index (χ3n) is 7.34. The first-order valence-corrected chi connectivity index (χ1v) is 14.4. The molecule has 5 rings (SSSR count). The minimum absolute atomic E-state index is 0.0172. The fraction of sp³-hybridized carbons (Fsp3) is 0.281. The Bertz CT molecular complexity index is 1590. The van der Waals surface area contributed by atoms with E-state index < -0.39 is 17.9 Å². The maximum atomic E-state index is 11.6. The minimum atomic E-state index is -1.09. The van der Waals surface area contributed by atoms with E-state index in [0.717, 1.165) is 11.4 Å². The van der Waals surface area contributed by atoms with Crippen LogP contribution in [0.3, 0.4) is 0 Å². The Morgan fingerprint density at radius 3 is 1.20 bits per heavy atom. The Kier molecular flexibility index (Phi) is 10.1. The second kappa shape index (κ2) is 14.6. The van der Waals surface area contributed by atoms with Crippen molar-refractivity contribution in [3.8, 4) is 0 Å². The van der Waals surface area contributed by atoms with Gasteiger partial charge in [0.25, 0.3) is 0 Å². The van der Waals surface area contributed by atoms with Gasteiger partial charge in [0.05, 0.1) is 28.5 Å². The van der Waals surface area contributed by atoms with Crippen LogP contribution in [0, 0.1) is 0 Å². The van der Waals surface area contributed by atoms with Crippen molar-refractivity contribution in [2.75, 3.05) is 26.2 Å². The summed E-state index contributed by atoms with van der Waals surface area (Å²) in [5, 5.41) is 28.3. The van der Waals surface area contributed by atoms with E-state index in [2.05, 4.69) is 29.7 Å². The molecule has 0 unspecified atom stereocenters. The largest absolute Gasteiger partial charge is 0.477 e. The Balaban J connectivity index is 1.43. The first kappa shape index (κ1) is 31.3. The van der Waals surface area contributed by atoms with Crippen LogP contribution in [-0.4, -0.2) is 94.0 Å². The number of carboxylic acids is 3. The Morgan fingerprint density at radius 2 is 0.822 bits per heavy atom. The summed E-state index contributed by atoms with van der Waals surface area (Å²) < 4.78 is 0. The van der Waals surface area contributed by atoms with Gasteiger partial charge < -0.3 is 15.3 Å². The van der Waals surface area contributed by atoms with E-state index in [9.17, 15) is 29.7 Å². The minimum Gasteiger partial charge on any atom is -0.477 e. The van der Waals surface area contributed by atoms with E-state index in [4.69, 9.17) is 4.98 Å².